The third-order valence-electron chi connectivity index (χ3n) is 11.2. The van der Waals surface area contributed by atoms with E-state index in [0.717, 1.165) is 77.0 Å². The molecule has 8 nitrogen and oxygen atoms in total. The van der Waals surface area contributed by atoms with Crippen molar-refractivity contribution in [1.82, 2.24) is 9.97 Å². The number of phenols is 2. The van der Waals surface area contributed by atoms with Crippen LogP contribution in [0, 0.1) is 13.8 Å². The van der Waals surface area contributed by atoms with E-state index < -0.39 is 0 Å². The second-order valence-corrected chi connectivity index (χ2v) is 15.4. The molecule has 0 saturated carbocycles. The summed E-state index contributed by atoms with van der Waals surface area (Å²) in [6.45, 7) is 5.06. The summed E-state index contributed by atoms with van der Waals surface area (Å²) in [5, 5.41) is 26.6. The van der Waals surface area contributed by atoms with Gasteiger partial charge in [0.15, 0.2) is 0 Å². The number of fused-ring (bicyclic) bond motifs is 8. The van der Waals surface area contributed by atoms with Gasteiger partial charge in [0.25, 0.3) is 11.8 Å². The van der Waals surface area contributed by atoms with Gasteiger partial charge in [-0.05, 0) is 72.1 Å². The molecule has 10 rings (SSSR count). The standard InChI is InChI=1S/2C23H19ClN2O2/c2*1-13-6-7-18-14(8-13)9-19(25-18)23(28)26-12-15(11-24)22-17-5-3-2-4-16(17)21(27)10-20(22)26/h2*2-10,15,25,27H,11-12H2,1H3/t2*15-/m11/s1. The van der Waals surface area contributed by atoms with E-state index in [1.807, 2.05) is 98.8 Å². The Balaban J connectivity index is 0.000000146. The predicted octanol–water partition coefficient (Wildman–Crippen LogP) is 10.6. The number of benzene rings is 6. The van der Waals surface area contributed by atoms with Gasteiger partial charge in [0, 0.05) is 81.4 Å². The van der Waals surface area contributed by atoms with Crippen molar-refractivity contribution in [2.24, 2.45) is 0 Å². The van der Waals surface area contributed by atoms with E-state index in [9.17, 15) is 19.8 Å². The maximum Gasteiger partial charge on any atom is 0.274 e. The Morgan fingerprint density at radius 2 is 0.982 bits per heavy atom. The van der Waals surface area contributed by atoms with Gasteiger partial charge >= 0.3 is 0 Å². The number of rotatable bonds is 4. The van der Waals surface area contributed by atoms with Crippen molar-refractivity contribution in [3.8, 4) is 11.5 Å². The number of hydrogen-bond acceptors (Lipinski definition) is 4. The van der Waals surface area contributed by atoms with Crippen LogP contribution in [0.3, 0.4) is 0 Å². The lowest BCUT2D eigenvalue weighted by Gasteiger charge is -2.17. The van der Waals surface area contributed by atoms with Crippen LogP contribution in [0.1, 0.15) is 55.1 Å². The molecule has 2 aliphatic heterocycles. The van der Waals surface area contributed by atoms with Crippen molar-refractivity contribution in [1.29, 1.82) is 0 Å². The van der Waals surface area contributed by atoms with E-state index in [0.29, 0.717) is 36.2 Å². The van der Waals surface area contributed by atoms with Crippen LogP contribution >= 0.6 is 23.2 Å². The van der Waals surface area contributed by atoms with Gasteiger partial charge in [-0.2, -0.15) is 0 Å². The first-order chi connectivity index (χ1) is 27.1. The van der Waals surface area contributed by atoms with Gasteiger partial charge in [-0.3, -0.25) is 9.59 Å². The number of aryl methyl sites for hydroxylation is 2. The zero-order valence-corrected chi connectivity index (χ0v) is 32.2. The van der Waals surface area contributed by atoms with Crippen molar-refractivity contribution in [2.45, 2.75) is 25.7 Å². The number of carbonyl (C=O) groups excluding carboxylic acids is 2. The van der Waals surface area contributed by atoms with Gasteiger partial charge in [-0.25, -0.2) is 0 Å². The normalized spacial score (nSPS) is 16.1. The van der Waals surface area contributed by atoms with E-state index in [-0.39, 0.29) is 35.1 Å². The monoisotopic (exact) mass is 780 g/mol. The summed E-state index contributed by atoms with van der Waals surface area (Å²) in [5.74, 6) is 1.00. The molecule has 0 spiro atoms. The number of aromatic nitrogens is 2. The third kappa shape index (κ3) is 5.92. The second kappa shape index (κ2) is 14.0. The minimum atomic E-state index is -0.114. The predicted molar refractivity (Wildman–Crippen MR) is 228 cm³/mol. The molecule has 4 heterocycles. The van der Waals surface area contributed by atoms with Crippen LogP contribution in [0.4, 0.5) is 11.4 Å². The quantitative estimate of drug-likeness (QED) is 0.133. The maximum absolute atomic E-state index is 13.3. The largest absolute Gasteiger partial charge is 0.507 e. The summed E-state index contributed by atoms with van der Waals surface area (Å²) in [5.41, 5.74) is 8.78. The summed E-state index contributed by atoms with van der Waals surface area (Å²) >= 11 is 12.5. The zero-order valence-electron chi connectivity index (χ0n) is 30.7. The van der Waals surface area contributed by atoms with Gasteiger partial charge in [0.2, 0.25) is 0 Å². The number of alkyl halides is 2. The number of H-pyrrole nitrogens is 2. The topological polar surface area (TPSA) is 113 Å². The van der Waals surface area contributed by atoms with Crippen LogP contribution in [0.25, 0.3) is 43.4 Å². The molecule has 280 valence electrons. The average molecular weight is 782 g/mol. The molecule has 6 aromatic carbocycles. The Hall–Kier alpha value is -5.96. The first-order valence-corrected chi connectivity index (χ1v) is 19.6. The van der Waals surface area contributed by atoms with Gasteiger partial charge in [0.05, 0.1) is 11.4 Å². The van der Waals surface area contributed by atoms with E-state index in [4.69, 9.17) is 23.2 Å². The smallest absolute Gasteiger partial charge is 0.274 e. The number of hydrogen-bond donors (Lipinski definition) is 4. The lowest BCUT2D eigenvalue weighted by molar-refractivity contribution is 0.0977. The molecule has 2 atom stereocenters. The molecular weight excluding hydrogens is 743 g/mol. The fourth-order valence-electron chi connectivity index (χ4n) is 8.52. The van der Waals surface area contributed by atoms with Crippen LogP contribution in [-0.2, 0) is 0 Å². The number of aromatic amines is 2. The Morgan fingerprint density at radius 1 is 0.589 bits per heavy atom. The molecular formula is C46H38Cl2N4O4. The molecule has 0 bridgehead atoms. The van der Waals surface area contributed by atoms with Crippen molar-refractivity contribution < 1.29 is 19.8 Å². The first kappa shape index (κ1) is 35.7. The maximum atomic E-state index is 13.3. The van der Waals surface area contributed by atoms with Crippen molar-refractivity contribution in [3.05, 3.63) is 143 Å². The van der Waals surface area contributed by atoms with Crippen LogP contribution in [0.5, 0.6) is 11.5 Å². The summed E-state index contributed by atoms with van der Waals surface area (Å²) < 4.78 is 0. The summed E-state index contributed by atoms with van der Waals surface area (Å²) in [6.07, 6.45) is 0. The number of aromatic hydroxyl groups is 2. The highest BCUT2D eigenvalue weighted by Gasteiger charge is 2.37. The number of phenolic OH excluding ortho intramolecular Hbond substituents is 2. The Bertz CT molecular complexity index is 2680. The van der Waals surface area contributed by atoms with Gasteiger partial charge < -0.3 is 30.0 Å². The Morgan fingerprint density at radius 3 is 1.38 bits per heavy atom. The molecule has 0 aliphatic carbocycles. The van der Waals surface area contributed by atoms with E-state index in [2.05, 4.69) is 22.1 Å². The van der Waals surface area contributed by atoms with E-state index >= 15 is 0 Å². The average Bonchev–Trinajstić information content (AvgIpc) is 4.00. The molecule has 0 saturated heterocycles. The highest BCUT2D eigenvalue weighted by Crippen LogP contribution is 2.47. The molecule has 4 N–H and O–H groups in total. The minimum Gasteiger partial charge on any atom is -0.507 e. The molecule has 10 heteroatoms. The number of halogens is 2. The zero-order chi connectivity index (χ0) is 38.8. The fourth-order valence-corrected chi connectivity index (χ4v) is 9.02. The molecule has 2 amide bonds. The van der Waals surface area contributed by atoms with Gasteiger partial charge in [-0.1, -0.05) is 71.8 Å². The number of anilines is 2. The molecule has 0 unspecified atom stereocenters. The van der Waals surface area contributed by atoms with E-state index in [1.54, 1.807) is 21.9 Å². The van der Waals surface area contributed by atoms with Gasteiger partial charge in [0.1, 0.15) is 22.9 Å². The molecule has 2 aromatic heterocycles. The van der Waals surface area contributed by atoms with Crippen molar-refractivity contribution in [2.75, 3.05) is 34.6 Å². The summed E-state index contributed by atoms with van der Waals surface area (Å²) in [7, 11) is 0. The van der Waals surface area contributed by atoms with Crippen LogP contribution in [0.2, 0.25) is 0 Å². The summed E-state index contributed by atoms with van der Waals surface area (Å²) in [4.78, 5) is 36.6. The molecule has 2 aliphatic rings. The lowest BCUT2D eigenvalue weighted by atomic mass is 9.95. The fraction of sp³-hybridized carbons (Fsp3) is 0.174. The van der Waals surface area contributed by atoms with Crippen LogP contribution < -0.4 is 9.80 Å². The van der Waals surface area contributed by atoms with Crippen molar-refractivity contribution in [3.63, 3.8) is 0 Å². The Kier molecular flexibility index (Phi) is 8.91. The molecule has 0 fully saturated rings. The molecule has 0 radical (unpaired) electrons. The molecule has 8 aromatic rings. The number of carbonyl (C=O) groups is 2. The number of amides is 2. The van der Waals surface area contributed by atoms with Crippen LogP contribution in [0.15, 0.2) is 109 Å². The minimum absolute atomic E-state index is 0.0257. The highest BCUT2D eigenvalue weighted by molar-refractivity contribution is 6.20. The Labute approximate surface area is 332 Å². The van der Waals surface area contributed by atoms with Crippen LogP contribution in [-0.4, -0.2) is 56.8 Å². The first-order valence-electron chi connectivity index (χ1n) is 18.6. The van der Waals surface area contributed by atoms with Crippen molar-refractivity contribution >= 4 is 89.7 Å². The number of nitrogens with zero attached hydrogens (tertiary/aromatic N) is 2. The lowest BCUT2D eigenvalue weighted by Crippen LogP contribution is -2.30. The van der Waals surface area contributed by atoms with E-state index in [1.165, 1.54) is 0 Å². The second-order valence-electron chi connectivity index (χ2n) is 14.8. The summed E-state index contributed by atoms with van der Waals surface area (Å²) in [6, 6.07) is 34.7. The SMILES string of the molecule is Cc1ccc2[nH]c(C(=O)N3C[C@@H](CCl)c4c3cc(O)c3ccccc43)cc2c1.Cc1ccc2[nH]c(C(=O)N3C[C@@H](CCl)c4c3cc(O)c3ccccc43)cc2c1. The highest BCUT2D eigenvalue weighted by atomic mass is 35.5. The molecule has 56 heavy (non-hydrogen) atoms. The van der Waals surface area contributed by atoms with Gasteiger partial charge in [-0.15, -0.1) is 23.2 Å². The third-order valence-corrected chi connectivity index (χ3v) is 11.9. The number of nitrogens with one attached hydrogen (secondary N) is 2.